The van der Waals surface area contributed by atoms with Crippen molar-refractivity contribution in [3.05, 3.63) is 65.0 Å². The van der Waals surface area contributed by atoms with Crippen LogP contribution >= 0.6 is 0 Å². The number of hydrogen-bond acceptors (Lipinski definition) is 2. The summed E-state index contributed by atoms with van der Waals surface area (Å²) in [6.07, 6.45) is 0. The Labute approximate surface area is 130 Å². The molecule has 0 aliphatic heterocycles. The highest BCUT2D eigenvalue weighted by atomic mass is 16.1. The Balaban J connectivity index is 2.12. The first-order valence-electron chi connectivity index (χ1n) is 7.70. The summed E-state index contributed by atoms with van der Waals surface area (Å²) in [7, 11) is 0. The third kappa shape index (κ3) is 2.62. The Morgan fingerprint density at radius 3 is 2.36 bits per heavy atom. The normalized spacial score (nSPS) is 10.8. The van der Waals surface area contributed by atoms with Crippen LogP contribution < -0.4 is 10.5 Å². The first-order valence-corrected chi connectivity index (χ1v) is 7.70. The predicted octanol–water partition coefficient (Wildman–Crippen LogP) is 4.04. The third-order valence-electron chi connectivity index (χ3n) is 4.04. The van der Waals surface area contributed by atoms with Crippen LogP contribution in [-0.2, 0) is 0 Å². The van der Waals surface area contributed by atoms with Crippen molar-refractivity contribution in [1.29, 1.82) is 0 Å². The van der Waals surface area contributed by atoms with Crippen molar-refractivity contribution in [3.63, 3.8) is 0 Å². The summed E-state index contributed by atoms with van der Waals surface area (Å²) < 4.78 is 0. The van der Waals surface area contributed by atoms with Gasteiger partial charge in [0.1, 0.15) is 0 Å². The maximum atomic E-state index is 12.4. The zero-order chi connectivity index (χ0) is 15.5. The van der Waals surface area contributed by atoms with Gasteiger partial charge in [-0.15, -0.1) is 0 Å². The predicted molar refractivity (Wildman–Crippen MR) is 93.6 cm³/mol. The highest BCUT2D eigenvalue weighted by Crippen LogP contribution is 2.23. The molecule has 0 atom stereocenters. The van der Waals surface area contributed by atoms with Crippen molar-refractivity contribution >= 4 is 16.6 Å². The average Bonchev–Trinajstić information content (AvgIpc) is 2.56. The van der Waals surface area contributed by atoms with Crippen molar-refractivity contribution in [1.82, 2.24) is 4.98 Å². The third-order valence-corrected chi connectivity index (χ3v) is 4.04. The number of benzene rings is 2. The number of aromatic nitrogens is 1. The van der Waals surface area contributed by atoms with Crippen LogP contribution in [-0.4, -0.2) is 18.1 Å². The molecule has 112 valence electrons. The van der Waals surface area contributed by atoms with E-state index in [4.69, 9.17) is 0 Å². The van der Waals surface area contributed by atoms with Gasteiger partial charge >= 0.3 is 0 Å². The topological polar surface area (TPSA) is 36.1 Å². The van der Waals surface area contributed by atoms with Crippen LogP contribution in [0.1, 0.15) is 13.8 Å². The summed E-state index contributed by atoms with van der Waals surface area (Å²) in [5.74, 6) is 0. The Morgan fingerprint density at radius 2 is 1.68 bits per heavy atom. The Kier molecular flexibility index (Phi) is 3.96. The maximum absolute atomic E-state index is 12.4. The van der Waals surface area contributed by atoms with Crippen LogP contribution in [0, 0.1) is 0 Å². The smallest absolute Gasteiger partial charge is 0.256 e. The average molecular weight is 292 g/mol. The number of fused-ring (bicyclic) bond motifs is 1. The molecule has 1 heterocycles. The standard InChI is InChI=1S/C19H20N2O/c1-3-21(4-2)16-11-10-15-12-17(14-8-6-5-7-9-14)19(22)20-18(15)13-16/h5-13H,3-4H2,1-2H3,(H,20,22). The second kappa shape index (κ2) is 6.06. The number of H-pyrrole nitrogens is 1. The van der Waals surface area contributed by atoms with Crippen LogP contribution in [0.2, 0.25) is 0 Å². The van der Waals surface area contributed by atoms with Gasteiger partial charge in [0.15, 0.2) is 0 Å². The minimum atomic E-state index is -0.0459. The number of pyridine rings is 1. The number of rotatable bonds is 4. The lowest BCUT2D eigenvalue weighted by Crippen LogP contribution is -2.21. The molecular formula is C19H20N2O. The molecule has 3 aromatic rings. The number of nitrogens with zero attached hydrogens (tertiary/aromatic N) is 1. The number of nitrogens with one attached hydrogen (secondary N) is 1. The van der Waals surface area contributed by atoms with Crippen molar-refractivity contribution in [2.45, 2.75) is 13.8 Å². The lowest BCUT2D eigenvalue weighted by molar-refractivity contribution is 0.867. The van der Waals surface area contributed by atoms with E-state index in [1.54, 1.807) is 0 Å². The summed E-state index contributed by atoms with van der Waals surface area (Å²) in [5, 5.41) is 1.05. The van der Waals surface area contributed by atoms with Gasteiger partial charge in [0, 0.05) is 24.3 Å². The number of hydrogen-bond donors (Lipinski definition) is 1. The Bertz CT molecular complexity index is 833. The van der Waals surface area contributed by atoms with Crippen LogP contribution in [0.15, 0.2) is 59.4 Å². The van der Waals surface area contributed by atoms with E-state index in [2.05, 4.69) is 41.9 Å². The van der Waals surface area contributed by atoms with E-state index in [9.17, 15) is 4.79 Å². The summed E-state index contributed by atoms with van der Waals surface area (Å²) in [5.41, 5.74) is 3.63. The molecule has 1 aromatic heterocycles. The molecule has 0 saturated heterocycles. The molecule has 0 spiro atoms. The summed E-state index contributed by atoms with van der Waals surface area (Å²) >= 11 is 0. The fraction of sp³-hybridized carbons (Fsp3) is 0.211. The van der Waals surface area contributed by atoms with Crippen LogP contribution in [0.25, 0.3) is 22.0 Å². The highest BCUT2D eigenvalue weighted by Gasteiger charge is 2.07. The quantitative estimate of drug-likeness (QED) is 0.787. The van der Waals surface area contributed by atoms with E-state index in [0.29, 0.717) is 5.56 Å². The van der Waals surface area contributed by atoms with Gasteiger partial charge in [-0.25, -0.2) is 0 Å². The summed E-state index contributed by atoms with van der Waals surface area (Å²) in [4.78, 5) is 17.7. The fourth-order valence-electron chi connectivity index (χ4n) is 2.81. The van der Waals surface area contributed by atoms with Crippen molar-refractivity contribution < 1.29 is 0 Å². The second-order valence-electron chi connectivity index (χ2n) is 5.32. The first kappa shape index (κ1) is 14.4. The Morgan fingerprint density at radius 1 is 0.955 bits per heavy atom. The number of aromatic amines is 1. The molecule has 0 bridgehead atoms. The van der Waals surface area contributed by atoms with Crippen LogP contribution in [0.5, 0.6) is 0 Å². The SMILES string of the molecule is CCN(CC)c1ccc2cc(-c3ccccc3)c(=O)[nH]c2c1. The van der Waals surface area contributed by atoms with Gasteiger partial charge in [-0.1, -0.05) is 36.4 Å². The molecule has 0 aliphatic rings. The molecule has 2 aromatic carbocycles. The number of anilines is 1. The van der Waals surface area contributed by atoms with E-state index >= 15 is 0 Å². The summed E-state index contributed by atoms with van der Waals surface area (Å²) in [6.45, 7) is 6.17. The minimum absolute atomic E-state index is 0.0459. The van der Waals surface area contributed by atoms with Gasteiger partial charge in [0.25, 0.3) is 5.56 Å². The first-order chi connectivity index (χ1) is 10.7. The van der Waals surface area contributed by atoms with E-state index in [0.717, 1.165) is 35.2 Å². The fourth-order valence-corrected chi connectivity index (χ4v) is 2.81. The van der Waals surface area contributed by atoms with E-state index in [1.807, 2.05) is 36.4 Å². The zero-order valence-corrected chi connectivity index (χ0v) is 13.0. The second-order valence-corrected chi connectivity index (χ2v) is 5.32. The van der Waals surface area contributed by atoms with Crippen molar-refractivity contribution in [2.75, 3.05) is 18.0 Å². The largest absolute Gasteiger partial charge is 0.372 e. The van der Waals surface area contributed by atoms with Crippen molar-refractivity contribution in [3.8, 4) is 11.1 Å². The molecule has 3 nitrogen and oxygen atoms in total. The maximum Gasteiger partial charge on any atom is 0.256 e. The molecule has 0 amide bonds. The molecule has 1 N–H and O–H groups in total. The molecule has 0 radical (unpaired) electrons. The van der Waals surface area contributed by atoms with Gasteiger partial charge in [-0.3, -0.25) is 4.79 Å². The Hall–Kier alpha value is -2.55. The monoisotopic (exact) mass is 292 g/mol. The lowest BCUT2D eigenvalue weighted by Gasteiger charge is -2.21. The molecule has 0 fully saturated rings. The van der Waals surface area contributed by atoms with E-state index in [-0.39, 0.29) is 5.56 Å². The van der Waals surface area contributed by atoms with Crippen LogP contribution in [0.3, 0.4) is 0 Å². The molecule has 0 aliphatic carbocycles. The molecule has 0 saturated carbocycles. The minimum Gasteiger partial charge on any atom is -0.372 e. The van der Waals surface area contributed by atoms with Gasteiger partial charge in [-0.05, 0) is 43.0 Å². The zero-order valence-electron chi connectivity index (χ0n) is 13.0. The molecule has 0 unspecified atom stereocenters. The van der Waals surface area contributed by atoms with E-state index < -0.39 is 0 Å². The van der Waals surface area contributed by atoms with Crippen LogP contribution in [0.4, 0.5) is 5.69 Å². The van der Waals surface area contributed by atoms with Gasteiger partial charge in [0.2, 0.25) is 0 Å². The van der Waals surface area contributed by atoms with Gasteiger partial charge < -0.3 is 9.88 Å². The van der Waals surface area contributed by atoms with Gasteiger partial charge in [-0.2, -0.15) is 0 Å². The summed E-state index contributed by atoms with van der Waals surface area (Å²) in [6, 6.07) is 18.0. The molecule has 22 heavy (non-hydrogen) atoms. The lowest BCUT2D eigenvalue weighted by atomic mass is 10.0. The molecule has 3 heteroatoms. The van der Waals surface area contributed by atoms with Gasteiger partial charge in [0.05, 0.1) is 5.52 Å². The molecular weight excluding hydrogens is 272 g/mol. The van der Waals surface area contributed by atoms with Crippen molar-refractivity contribution in [2.24, 2.45) is 0 Å². The molecule has 3 rings (SSSR count). The van der Waals surface area contributed by atoms with E-state index in [1.165, 1.54) is 0 Å². The highest BCUT2D eigenvalue weighted by molar-refractivity contribution is 5.86.